The zero-order valence-electron chi connectivity index (χ0n) is 10.4. The molecule has 0 aliphatic heterocycles. The van der Waals surface area contributed by atoms with Gasteiger partial charge in [-0.25, -0.2) is 0 Å². The zero-order chi connectivity index (χ0) is 12.7. The van der Waals surface area contributed by atoms with Gasteiger partial charge in [-0.2, -0.15) is 0 Å². The third-order valence-electron chi connectivity index (χ3n) is 2.57. The summed E-state index contributed by atoms with van der Waals surface area (Å²) < 4.78 is 6.51. The molecule has 0 amide bonds. The molecule has 94 valence electrons. The van der Waals surface area contributed by atoms with E-state index in [0.717, 1.165) is 22.9 Å². The number of ether oxygens (including phenoxy) is 1. The van der Waals surface area contributed by atoms with Crippen molar-refractivity contribution in [3.63, 3.8) is 0 Å². The van der Waals surface area contributed by atoms with Gasteiger partial charge < -0.3 is 4.74 Å². The predicted octanol–water partition coefficient (Wildman–Crippen LogP) is 3.77. The molecule has 0 fully saturated rings. The van der Waals surface area contributed by atoms with Gasteiger partial charge in [-0.15, -0.1) is 0 Å². The largest absolute Gasteiger partial charge is 0.371 e. The van der Waals surface area contributed by atoms with Gasteiger partial charge >= 0.3 is 0 Å². The summed E-state index contributed by atoms with van der Waals surface area (Å²) in [7, 11) is 0. The van der Waals surface area contributed by atoms with E-state index in [2.05, 4.69) is 22.9 Å². The summed E-state index contributed by atoms with van der Waals surface area (Å²) in [5.74, 6) is 0.177. The number of halogens is 1. The molecule has 1 aromatic carbocycles. The van der Waals surface area contributed by atoms with Crippen LogP contribution in [-0.2, 0) is 16.0 Å². The van der Waals surface area contributed by atoms with E-state index in [9.17, 15) is 4.79 Å². The summed E-state index contributed by atoms with van der Waals surface area (Å²) in [4.78, 5) is 12.0. The quantitative estimate of drug-likeness (QED) is 0.766. The second-order valence-corrected chi connectivity index (χ2v) is 4.92. The lowest BCUT2D eigenvalue weighted by Crippen LogP contribution is -2.25. The molecule has 1 unspecified atom stereocenters. The lowest BCUT2D eigenvalue weighted by Gasteiger charge is -2.14. The minimum atomic E-state index is -0.242. The number of hydrogen-bond donors (Lipinski definition) is 0. The van der Waals surface area contributed by atoms with Crippen LogP contribution in [-0.4, -0.2) is 18.5 Å². The standard InChI is InChI=1S/C14H19BrO2/c1-3-5-14(17-4-2)13(16)10-11-6-8-12(15)9-7-11/h6-9,14H,3-5,10H2,1-2H3. The highest BCUT2D eigenvalue weighted by Crippen LogP contribution is 2.13. The number of carbonyl (C=O) groups is 1. The predicted molar refractivity (Wildman–Crippen MR) is 73.2 cm³/mol. The van der Waals surface area contributed by atoms with Gasteiger partial charge in [-0.05, 0) is 31.0 Å². The summed E-state index contributed by atoms with van der Waals surface area (Å²) in [5.41, 5.74) is 1.04. The Kier molecular flexibility index (Phi) is 6.45. The van der Waals surface area contributed by atoms with Gasteiger partial charge in [0.1, 0.15) is 6.10 Å². The second kappa shape index (κ2) is 7.62. The van der Waals surface area contributed by atoms with E-state index in [4.69, 9.17) is 4.74 Å². The fourth-order valence-electron chi connectivity index (χ4n) is 1.72. The summed E-state index contributed by atoms with van der Waals surface area (Å²) >= 11 is 3.38. The number of ketones is 1. The highest BCUT2D eigenvalue weighted by Gasteiger charge is 2.17. The Balaban J connectivity index is 2.59. The lowest BCUT2D eigenvalue weighted by atomic mass is 10.0. The van der Waals surface area contributed by atoms with Crippen LogP contribution in [0.5, 0.6) is 0 Å². The van der Waals surface area contributed by atoms with E-state index in [-0.39, 0.29) is 11.9 Å². The Morgan fingerprint density at radius 3 is 2.47 bits per heavy atom. The lowest BCUT2D eigenvalue weighted by molar-refractivity contribution is -0.130. The van der Waals surface area contributed by atoms with Crippen LogP contribution in [0.4, 0.5) is 0 Å². The maximum absolute atomic E-state index is 12.0. The molecule has 0 heterocycles. The smallest absolute Gasteiger partial charge is 0.165 e. The first-order chi connectivity index (χ1) is 8.17. The summed E-state index contributed by atoms with van der Waals surface area (Å²) in [6, 6.07) is 7.85. The van der Waals surface area contributed by atoms with E-state index < -0.39 is 0 Å². The molecule has 0 N–H and O–H groups in total. The van der Waals surface area contributed by atoms with Crippen molar-refractivity contribution in [3.8, 4) is 0 Å². The number of rotatable bonds is 7. The molecule has 3 heteroatoms. The molecule has 0 aliphatic carbocycles. The van der Waals surface area contributed by atoms with Crippen LogP contribution < -0.4 is 0 Å². The molecule has 0 spiro atoms. The van der Waals surface area contributed by atoms with E-state index >= 15 is 0 Å². The number of hydrogen-bond acceptors (Lipinski definition) is 2. The van der Waals surface area contributed by atoms with Crippen LogP contribution in [0.15, 0.2) is 28.7 Å². The molecule has 0 radical (unpaired) electrons. The maximum Gasteiger partial charge on any atom is 0.165 e. The van der Waals surface area contributed by atoms with Gasteiger partial charge in [0, 0.05) is 17.5 Å². The fourth-order valence-corrected chi connectivity index (χ4v) is 1.98. The average molecular weight is 299 g/mol. The average Bonchev–Trinajstić information content (AvgIpc) is 2.32. The molecule has 0 aromatic heterocycles. The number of benzene rings is 1. The third kappa shape index (κ3) is 5.00. The second-order valence-electron chi connectivity index (χ2n) is 4.00. The Hall–Kier alpha value is -0.670. The van der Waals surface area contributed by atoms with Crippen LogP contribution in [0.1, 0.15) is 32.3 Å². The van der Waals surface area contributed by atoms with Crippen molar-refractivity contribution in [2.45, 2.75) is 39.2 Å². The van der Waals surface area contributed by atoms with Crippen molar-refractivity contribution in [3.05, 3.63) is 34.3 Å². The van der Waals surface area contributed by atoms with Gasteiger partial charge in [0.25, 0.3) is 0 Å². The Bertz CT molecular complexity index is 340. The molecule has 17 heavy (non-hydrogen) atoms. The SMILES string of the molecule is CCCC(OCC)C(=O)Cc1ccc(Br)cc1. The normalized spacial score (nSPS) is 12.4. The first-order valence-corrected chi connectivity index (χ1v) is 6.85. The van der Waals surface area contributed by atoms with Crippen LogP contribution >= 0.6 is 15.9 Å². The molecule has 1 atom stereocenters. The van der Waals surface area contributed by atoms with E-state index in [0.29, 0.717) is 13.0 Å². The molecule has 1 aromatic rings. The van der Waals surface area contributed by atoms with Gasteiger partial charge in [-0.1, -0.05) is 41.4 Å². The monoisotopic (exact) mass is 298 g/mol. The molecule has 1 rings (SSSR count). The van der Waals surface area contributed by atoms with Crippen LogP contribution in [0.2, 0.25) is 0 Å². The minimum Gasteiger partial charge on any atom is -0.371 e. The first-order valence-electron chi connectivity index (χ1n) is 6.06. The first kappa shape index (κ1) is 14.4. The summed E-state index contributed by atoms with van der Waals surface area (Å²) in [6.45, 7) is 4.59. The Labute approximate surface area is 111 Å². The van der Waals surface area contributed by atoms with Gasteiger partial charge in [0.15, 0.2) is 5.78 Å². The van der Waals surface area contributed by atoms with Crippen LogP contribution in [0.25, 0.3) is 0 Å². The van der Waals surface area contributed by atoms with Crippen LogP contribution in [0, 0.1) is 0 Å². The van der Waals surface area contributed by atoms with Crippen molar-refractivity contribution in [1.82, 2.24) is 0 Å². The van der Waals surface area contributed by atoms with Gasteiger partial charge in [0.05, 0.1) is 0 Å². The molecule has 0 aliphatic rings. The molecular formula is C14H19BrO2. The molecule has 0 saturated carbocycles. The van der Waals surface area contributed by atoms with Crippen LogP contribution in [0.3, 0.4) is 0 Å². The topological polar surface area (TPSA) is 26.3 Å². The van der Waals surface area contributed by atoms with Gasteiger partial charge in [-0.3, -0.25) is 4.79 Å². The van der Waals surface area contributed by atoms with Gasteiger partial charge in [0.2, 0.25) is 0 Å². The molecular weight excluding hydrogens is 280 g/mol. The van der Waals surface area contributed by atoms with E-state index in [1.165, 1.54) is 0 Å². The van der Waals surface area contributed by atoms with Crippen molar-refractivity contribution in [2.24, 2.45) is 0 Å². The summed E-state index contributed by atoms with van der Waals surface area (Å²) in [5, 5.41) is 0. The van der Waals surface area contributed by atoms with Crippen molar-refractivity contribution < 1.29 is 9.53 Å². The molecule has 0 saturated heterocycles. The number of carbonyl (C=O) groups excluding carboxylic acids is 1. The summed E-state index contributed by atoms with van der Waals surface area (Å²) in [6.07, 6.45) is 1.99. The third-order valence-corrected chi connectivity index (χ3v) is 3.10. The van der Waals surface area contributed by atoms with E-state index in [1.807, 2.05) is 31.2 Å². The Morgan fingerprint density at radius 2 is 1.94 bits per heavy atom. The number of Topliss-reactive ketones (excluding diaryl/α,β-unsaturated/α-hetero) is 1. The highest BCUT2D eigenvalue weighted by atomic mass is 79.9. The zero-order valence-corrected chi connectivity index (χ0v) is 12.0. The van der Waals surface area contributed by atoms with Crippen molar-refractivity contribution in [2.75, 3.05) is 6.61 Å². The van der Waals surface area contributed by atoms with Crippen molar-refractivity contribution in [1.29, 1.82) is 0 Å². The minimum absolute atomic E-state index is 0.177. The molecule has 2 nitrogen and oxygen atoms in total. The van der Waals surface area contributed by atoms with Crippen molar-refractivity contribution >= 4 is 21.7 Å². The Morgan fingerprint density at radius 1 is 1.29 bits per heavy atom. The highest BCUT2D eigenvalue weighted by molar-refractivity contribution is 9.10. The molecule has 0 bridgehead atoms. The maximum atomic E-state index is 12.0. The van der Waals surface area contributed by atoms with E-state index in [1.54, 1.807) is 0 Å². The fraction of sp³-hybridized carbons (Fsp3) is 0.500.